The standard InChI is InChI=1S/C28H27Cl2FN4O4S/c29-22-3-1-2-20(16-22)18-33-10-11-34(19-27(33)36)28(37)21-4-9-25(30)26(17-21)40(38,39)35-14-12-32(13-15-35)24-7-5-23(31)6-8-24/h1-9,16-17H,10-15,18-19H2. The van der Waals surface area contributed by atoms with Gasteiger partial charge in [-0.3, -0.25) is 9.59 Å². The quantitative estimate of drug-likeness (QED) is 0.423. The van der Waals surface area contributed by atoms with Gasteiger partial charge in [0.2, 0.25) is 15.9 Å². The molecule has 12 heteroatoms. The summed E-state index contributed by atoms with van der Waals surface area (Å²) in [5.74, 6) is -0.983. The fourth-order valence-electron chi connectivity index (χ4n) is 4.90. The summed E-state index contributed by atoms with van der Waals surface area (Å²) < 4.78 is 41.6. The highest BCUT2D eigenvalue weighted by molar-refractivity contribution is 7.89. The molecular formula is C28H27Cl2FN4O4S. The first kappa shape index (κ1) is 28.4. The first-order chi connectivity index (χ1) is 19.1. The summed E-state index contributed by atoms with van der Waals surface area (Å²) in [6.07, 6.45) is 0. The number of anilines is 1. The molecular weight excluding hydrogens is 578 g/mol. The molecule has 0 N–H and O–H groups in total. The van der Waals surface area contributed by atoms with E-state index < -0.39 is 15.9 Å². The van der Waals surface area contributed by atoms with E-state index in [9.17, 15) is 22.4 Å². The van der Waals surface area contributed by atoms with E-state index in [1.54, 1.807) is 29.2 Å². The fraction of sp³-hybridized carbons (Fsp3) is 0.286. The van der Waals surface area contributed by atoms with Gasteiger partial charge in [0, 0.05) is 62.1 Å². The molecule has 2 amide bonds. The second-order valence-electron chi connectivity index (χ2n) is 9.68. The lowest BCUT2D eigenvalue weighted by molar-refractivity contribution is -0.135. The Morgan fingerprint density at radius 2 is 1.60 bits per heavy atom. The van der Waals surface area contributed by atoms with E-state index in [2.05, 4.69) is 0 Å². The van der Waals surface area contributed by atoms with Gasteiger partial charge in [0.25, 0.3) is 5.91 Å². The van der Waals surface area contributed by atoms with Crippen molar-refractivity contribution in [3.63, 3.8) is 0 Å². The molecule has 0 bridgehead atoms. The zero-order valence-corrected chi connectivity index (χ0v) is 23.8. The molecule has 3 aromatic rings. The zero-order valence-electron chi connectivity index (χ0n) is 21.5. The van der Waals surface area contributed by atoms with Crippen molar-refractivity contribution in [3.8, 4) is 0 Å². The van der Waals surface area contributed by atoms with Gasteiger partial charge in [-0.25, -0.2) is 12.8 Å². The summed E-state index contributed by atoms with van der Waals surface area (Å²) in [5, 5.41) is 0.599. The van der Waals surface area contributed by atoms with E-state index in [-0.39, 0.29) is 46.8 Å². The number of carbonyl (C=O) groups is 2. The number of hydrogen-bond donors (Lipinski definition) is 0. The van der Waals surface area contributed by atoms with Crippen LogP contribution in [0, 0.1) is 5.82 Å². The third kappa shape index (κ3) is 6.10. The van der Waals surface area contributed by atoms with E-state index in [0.717, 1.165) is 11.3 Å². The van der Waals surface area contributed by atoms with E-state index in [1.165, 1.54) is 39.5 Å². The van der Waals surface area contributed by atoms with Gasteiger partial charge < -0.3 is 14.7 Å². The van der Waals surface area contributed by atoms with Crippen LogP contribution in [0.25, 0.3) is 0 Å². The first-order valence-electron chi connectivity index (χ1n) is 12.7. The number of carbonyl (C=O) groups excluding carboxylic acids is 2. The van der Waals surface area contributed by atoms with Gasteiger partial charge in [-0.05, 0) is 60.2 Å². The highest BCUT2D eigenvalue weighted by Gasteiger charge is 2.33. The average molecular weight is 606 g/mol. The minimum absolute atomic E-state index is 0.0138. The Morgan fingerprint density at radius 3 is 2.27 bits per heavy atom. The predicted molar refractivity (Wildman–Crippen MR) is 152 cm³/mol. The summed E-state index contributed by atoms with van der Waals surface area (Å²) in [4.78, 5) is 31.0. The van der Waals surface area contributed by atoms with Crippen LogP contribution < -0.4 is 4.90 Å². The second kappa shape index (κ2) is 11.7. The number of sulfonamides is 1. The van der Waals surface area contributed by atoms with Crippen LogP contribution in [0.15, 0.2) is 71.6 Å². The van der Waals surface area contributed by atoms with Crippen LogP contribution in [-0.4, -0.2) is 80.2 Å². The molecule has 210 valence electrons. The first-order valence-corrected chi connectivity index (χ1v) is 14.9. The average Bonchev–Trinajstić information content (AvgIpc) is 2.94. The number of benzene rings is 3. The molecule has 2 saturated heterocycles. The Hall–Kier alpha value is -3.18. The van der Waals surface area contributed by atoms with Crippen LogP contribution >= 0.6 is 23.2 Å². The van der Waals surface area contributed by atoms with Crippen LogP contribution in [0.1, 0.15) is 15.9 Å². The van der Waals surface area contributed by atoms with Crippen LogP contribution in [0.3, 0.4) is 0 Å². The van der Waals surface area contributed by atoms with E-state index >= 15 is 0 Å². The summed E-state index contributed by atoms with van der Waals surface area (Å²) in [5.41, 5.74) is 1.85. The predicted octanol–water partition coefficient (Wildman–Crippen LogP) is 4.13. The van der Waals surface area contributed by atoms with E-state index in [4.69, 9.17) is 23.2 Å². The number of amides is 2. The van der Waals surface area contributed by atoms with Gasteiger partial charge in [-0.2, -0.15) is 4.31 Å². The maximum atomic E-state index is 13.5. The van der Waals surface area contributed by atoms with Gasteiger partial charge in [-0.15, -0.1) is 0 Å². The van der Waals surface area contributed by atoms with Crippen LogP contribution in [0.5, 0.6) is 0 Å². The molecule has 2 fully saturated rings. The normalized spacial score (nSPS) is 16.9. The molecule has 0 aromatic heterocycles. The third-order valence-corrected chi connectivity index (χ3v) is 9.71. The lowest BCUT2D eigenvalue weighted by atomic mass is 10.1. The SMILES string of the molecule is O=C1CN(C(=O)c2ccc(Cl)c(S(=O)(=O)N3CCN(c4ccc(F)cc4)CC3)c2)CCN1Cc1cccc(Cl)c1. The summed E-state index contributed by atoms with van der Waals surface area (Å²) in [7, 11) is -3.99. The number of halogens is 3. The topological polar surface area (TPSA) is 81.2 Å². The van der Waals surface area contributed by atoms with E-state index in [1.807, 2.05) is 17.0 Å². The molecule has 0 aliphatic carbocycles. The molecule has 2 aliphatic heterocycles. The number of nitrogens with zero attached hydrogens (tertiary/aromatic N) is 4. The maximum Gasteiger partial charge on any atom is 0.254 e. The molecule has 3 aromatic carbocycles. The highest BCUT2D eigenvalue weighted by Crippen LogP contribution is 2.28. The van der Waals surface area contributed by atoms with Gasteiger partial charge in [0.05, 0.1) is 5.02 Å². The van der Waals surface area contributed by atoms with Crippen LogP contribution in [0.4, 0.5) is 10.1 Å². The Kier molecular flexibility index (Phi) is 8.32. The van der Waals surface area contributed by atoms with Crippen molar-refractivity contribution in [2.75, 3.05) is 50.7 Å². The third-order valence-electron chi connectivity index (χ3n) is 7.09. The molecule has 0 saturated carbocycles. The lowest BCUT2D eigenvalue weighted by Crippen LogP contribution is -2.51. The summed E-state index contributed by atoms with van der Waals surface area (Å²) in [6.45, 7) is 2.17. The van der Waals surface area contributed by atoms with Crippen molar-refractivity contribution in [3.05, 3.63) is 93.7 Å². The molecule has 2 aliphatic rings. The van der Waals surface area contributed by atoms with Gasteiger partial charge >= 0.3 is 0 Å². The molecule has 0 radical (unpaired) electrons. The van der Waals surface area contributed by atoms with Crippen molar-refractivity contribution in [1.29, 1.82) is 0 Å². The van der Waals surface area contributed by atoms with Gasteiger partial charge in [-0.1, -0.05) is 35.3 Å². The molecule has 0 spiro atoms. The molecule has 40 heavy (non-hydrogen) atoms. The number of hydrogen-bond acceptors (Lipinski definition) is 5. The minimum Gasteiger partial charge on any atom is -0.369 e. The Balaban J connectivity index is 1.25. The maximum absolute atomic E-state index is 13.5. The van der Waals surface area contributed by atoms with Crippen LogP contribution in [0.2, 0.25) is 10.0 Å². The Bertz CT molecular complexity index is 1530. The summed E-state index contributed by atoms with van der Waals surface area (Å²) >= 11 is 12.4. The van der Waals surface area contributed by atoms with Crippen molar-refractivity contribution >= 4 is 50.7 Å². The monoisotopic (exact) mass is 604 g/mol. The van der Waals surface area contributed by atoms with Crippen molar-refractivity contribution in [2.45, 2.75) is 11.4 Å². The molecule has 8 nitrogen and oxygen atoms in total. The van der Waals surface area contributed by atoms with Crippen LogP contribution in [-0.2, 0) is 21.4 Å². The number of piperazine rings is 2. The largest absolute Gasteiger partial charge is 0.369 e. The highest BCUT2D eigenvalue weighted by atomic mass is 35.5. The second-order valence-corrected chi connectivity index (χ2v) is 12.4. The number of rotatable bonds is 6. The fourth-order valence-corrected chi connectivity index (χ4v) is 7.03. The van der Waals surface area contributed by atoms with Gasteiger partial charge in [0.1, 0.15) is 17.3 Å². The van der Waals surface area contributed by atoms with Crippen molar-refractivity contribution in [1.82, 2.24) is 14.1 Å². The molecule has 5 rings (SSSR count). The lowest BCUT2D eigenvalue weighted by Gasteiger charge is -2.35. The molecule has 0 unspecified atom stereocenters. The molecule has 2 heterocycles. The summed E-state index contributed by atoms with van der Waals surface area (Å²) in [6, 6.07) is 17.5. The Morgan fingerprint density at radius 1 is 0.875 bits per heavy atom. The van der Waals surface area contributed by atoms with Crippen molar-refractivity contribution in [2.24, 2.45) is 0 Å². The smallest absolute Gasteiger partial charge is 0.254 e. The minimum atomic E-state index is -3.99. The van der Waals surface area contributed by atoms with Gasteiger partial charge in [0.15, 0.2) is 0 Å². The van der Waals surface area contributed by atoms with E-state index in [0.29, 0.717) is 37.7 Å². The molecule has 0 atom stereocenters. The Labute approximate surface area is 242 Å². The zero-order chi connectivity index (χ0) is 28.4. The van der Waals surface area contributed by atoms with Crippen molar-refractivity contribution < 1.29 is 22.4 Å².